The van der Waals surface area contributed by atoms with Crippen LogP contribution in [0.25, 0.3) is 0 Å². The van der Waals surface area contributed by atoms with Crippen molar-refractivity contribution in [3.05, 3.63) is 65.2 Å². The number of rotatable bonds is 3. The first-order valence-corrected chi connectivity index (χ1v) is 10.3. The third-order valence-corrected chi connectivity index (χ3v) is 5.91. The van der Waals surface area contributed by atoms with Gasteiger partial charge in [0.25, 0.3) is 0 Å². The fourth-order valence-corrected chi connectivity index (χ4v) is 4.36. The number of Topliss-reactive ketones (excluding diaryl/α,β-unsaturated/α-hetero) is 1. The van der Waals surface area contributed by atoms with Crippen LogP contribution in [-0.2, 0) is 22.6 Å². The van der Waals surface area contributed by atoms with E-state index in [9.17, 15) is 14.3 Å². The van der Waals surface area contributed by atoms with Crippen LogP contribution in [0.3, 0.4) is 0 Å². The molecule has 1 aliphatic heterocycles. The maximum atomic E-state index is 13.3. The van der Waals surface area contributed by atoms with E-state index < -0.39 is 5.82 Å². The molecule has 2 aromatic rings. The average Bonchev–Trinajstić information content (AvgIpc) is 2.82. The number of benzene rings is 1. The number of piperidine rings is 1. The summed E-state index contributed by atoms with van der Waals surface area (Å²) in [6.07, 6.45) is 8.26. The van der Waals surface area contributed by atoms with Gasteiger partial charge in [-0.1, -0.05) is 24.3 Å². The average molecular weight is 444 g/mol. The lowest BCUT2D eigenvalue weighted by atomic mass is 9.83. The minimum absolute atomic E-state index is 0.0220. The summed E-state index contributed by atoms with van der Waals surface area (Å²) >= 11 is 0. The van der Waals surface area contributed by atoms with Gasteiger partial charge in [0.05, 0.1) is 12.3 Å². The van der Waals surface area contributed by atoms with Gasteiger partial charge in [0.2, 0.25) is 12.2 Å². The van der Waals surface area contributed by atoms with Crippen LogP contribution in [0.5, 0.6) is 0 Å². The van der Waals surface area contributed by atoms with Crippen LogP contribution in [0.2, 0.25) is 0 Å². The van der Waals surface area contributed by atoms with E-state index >= 15 is 0 Å². The van der Waals surface area contributed by atoms with Crippen molar-refractivity contribution in [3.63, 3.8) is 0 Å². The normalized spacial score (nSPS) is 20.6. The van der Waals surface area contributed by atoms with Gasteiger partial charge in [-0.3, -0.25) is 24.5 Å². The Balaban J connectivity index is 0.000000427. The van der Waals surface area contributed by atoms with Crippen molar-refractivity contribution in [1.82, 2.24) is 9.88 Å². The Morgan fingerprint density at radius 1 is 1.06 bits per heavy atom. The largest absolute Gasteiger partial charge is 0.391 e. The first kappa shape index (κ1) is 23.6. The highest BCUT2D eigenvalue weighted by atomic mass is 19.1. The first-order valence-electron chi connectivity index (χ1n) is 10.3. The molecule has 1 fully saturated rings. The van der Waals surface area contributed by atoms with Gasteiger partial charge in [-0.2, -0.15) is 10.5 Å². The predicted octanol–water partition coefficient (Wildman–Crippen LogP) is 2.53. The lowest BCUT2D eigenvalue weighted by molar-refractivity contribution is -0.188. The summed E-state index contributed by atoms with van der Waals surface area (Å²) in [7, 11) is 0. The highest BCUT2D eigenvalue weighted by Gasteiger charge is 2.35. The van der Waals surface area contributed by atoms with Gasteiger partial charge < -0.3 is 5.11 Å². The number of pyridine rings is 1. The molecule has 0 amide bonds. The van der Waals surface area contributed by atoms with Gasteiger partial charge in [0, 0.05) is 30.1 Å². The lowest BCUT2D eigenvalue weighted by Gasteiger charge is -2.41. The molecule has 0 bridgehead atoms. The zero-order valence-electron chi connectivity index (χ0n) is 17.4. The van der Waals surface area contributed by atoms with Crippen molar-refractivity contribution in [1.29, 1.82) is 0 Å². The van der Waals surface area contributed by atoms with E-state index in [2.05, 4.69) is 31.8 Å². The van der Waals surface area contributed by atoms with Gasteiger partial charge in [-0.05, 0) is 49.5 Å². The predicted molar refractivity (Wildman–Crippen MR) is 112 cm³/mol. The summed E-state index contributed by atoms with van der Waals surface area (Å²) in [5, 5.41) is 25.3. The first-order chi connectivity index (χ1) is 15.5. The maximum absolute atomic E-state index is 13.3. The number of carbonyl (C=O) groups excluding carboxylic acids is 1. The Kier molecular flexibility index (Phi) is 8.53. The molecule has 0 radical (unpaired) electrons. The molecule has 8 nitrogen and oxygen atoms in total. The number of aromatic nitrogens is 1. The van der Waals surface area contributed by atoms with Crippen LogP contribution >= 0.6 is 0 Å². The van der Waals surface area contributed by atoms with Crippen molar-refractivity contribution in [2.75, 3.05) is 13.1 Å². The Bertz CT molecular complexity index is 960. The number of fused-ring (bicyclic) bond motifs is 1. The summed E-state index contributed by atoms with van der Waals surface area (Å²) in [6.45, 7) is 1.56. The molecule has 1 aromatic heterocycles. The van der Waals surface area contributed by atoms with Gasteiger partial charge in [-0.15, -0.1) is 0 Å². The second-order valence-corrected chi connectivity index (χ2v) is 7.76. The number of aliphatic hydroxyl groups excluding tert-OH is 1. The zero-order valence-corrected chi connectivity index (χ0v) is 17.4. The number of hydrogen-bond donors (Lipinski definition) is 3. The Morgan fingerprint density at radius 2 is 1.69 bits per heavy atom. The standard InChI is InChI=1S/C21H23FN2O2.C2H2O4/c22-18-9-17(12-23-13-18)21(26)14-5-7-24(8-6-14)19-10-15-3-1-2-4-16(15)11-20(19)25;3-5-1-2-6-4/h1-4,9,12-14,19-20,25H,5-8,10-11H2;3-4H. The van der Waals surface area contributed by atoms with E-state index in [0.717, 1.165) is 38.5 Å². The highest BCUT2D eigenvalue weighted by molar-refractivity contribution is 5.97. The van der Waals surface area contributed by atoms with Gasteiger partial charge in [0.1, 0.15) is 5.82 Å². The molecule has 2 heterocycles. The SMILES string of the molecule is O=C(c1cncc(F)c1)C1CCN(C2Cc3ccccc3CC2O)CC1.OOC#COO. The topological polar surface area (TPSA) is 112 Å². The molecule has 1 aliphatic carbocycles. The van der Waals surface area contributed by atoms with E-state index in [0.29, 0.717) is 12.0 Å². The summed E-state index contributed by atoms with van der Waals surface area (Å²) in [4.78, 5) is 25.0. The Labute approximate surface area is 185 Å². The van der Waals surface area contributed by atoms with Crippen LogP contribution in [0.4, 0.5) is 4.39 Å². The minimum Gasteiger partial charge on any atom is -0.391 e. The number of halogens is 1. The summed E-state index contributed by atoms with van der Waals surface area (Å²) < 4.78 is 13.3. The number of carbonyl (C=O) groups is 1. The molecule has 170 valence electrons. The minimum atomic E-state index is -0.475. The molecule has 9 heteroatoms. The Morgan fingerprint density at radius 3 is 2.28 bits per heavy atom. The lowest BCUT2D eigenvalue weighted by Crippen LogP contribution is -2.51. The maximum Gasteiger partial charge on any atom is 0.204 e. The smallest absolute Gasteiger partial charge is 0.204 e. The van der Waals surface area contributed by atoms with Crippen LogP contribution in [0, 0.1) is 23.9 Å². The molecule has 4 rings (SSSR count). The summed E-state index contributed by atoms with van der Waals surface area (Å²) in [5.41, 5.74) is 2.90. The molecular weight excluding hydrogens is 419 g/mol. The van der Waals surface area contributed by atoms with Crippen molar-refractivity contribution >= 4 is 5.78 Å². The molecular formula is C23H25FN2O6. The van der Waals surface area contributed by atoms with Gasteiger partial charge in [0.15, 0.2) is 5.78 Å². The van der Waals surface area contributed by atoms with E-state index in [-0.39, 0.29) is 23.8 Å². The van der Waals surface area contributed by atoms with Crippen LogP contribution in [0.1, 0.15) is 34.3 Å². The summed E-state index contributed by atoms with van der Waals surface area (Å²) in [6, 6.07) is 9.67. The highest BCUT2D eigenvalue weighted by Crippen LogP contribution is 2.29. The number of ketones is 1. The van der Waals surface area contributed by atoms with E-state index in [1.165, 1.54) is 35.6 Å². The van der Waals surface area contributed by atoms with E-state index in [4.69, 9.17) is 10.5 Å². The van der Waals surface area contributed by atoms with Crippen LogP contribution in [0.15, 0.2) is 42.7 Å². The van der Waals surface area contributed by atoms with E-state index in [1.54, 1.807) is 0 Å². The molecule has 1 aromatic carbocycles. The third kappa shape index (κ3) is 6.02. The second kappa shape index (κ2) is 11.5. The van der Waals surface area contributed by atoms with Crippen LogP contribution < -0.4 is 0 Å². The third-order valence-electron chi connectivity index (χ3n) is 5.91. The zero-order chi connectivity index (χ0) is 22.9. The fraction of sp³-hybridized carbons (Fsp3) is 0.391. The second-order valence-electron chi connectivity index (χ2n) is 7.76. The molecule has 32 heavy (non-hydrogen) atoms. The fourth-order valence-electron chi connectivity index (χ4n) is 4.36. The molecule has 0 spiro atoms. The summed E-state index contributed by atoms with van der Waals surface area (Å²) in [5.74, 6) is -0.591. The Hall–Kier alpha value is -3.03. The van der Waals surface area contributed by atoms with Crippen molar-refractivity contribution in [2.24, 2.45) is 5.92 Å². The number of aliphatic hydroxyl groups is 1. The quantitative estimate of drug-likeness (QED) is 0.287. The van der Waals surface area contributed by atoms with Crippen molar-refractivity contribution in [3.8, 4) is 12.2 Å². The van der Waals surface area contributed by atoms with Crippen molar-refractivity contribution < 1.29 is 34.6 Å². The molecule has 0 saturated carbocycles. The number of likely N-dealkylation sites (tertiary alicyclic amines) is 1. The molecule has 2 atom stereocenters. The van der Waals surface area contributed by atoms with Gasteiger partial charge in [-0.25, -0.2) is 4.39 Å². The molecule has 1 saturated heterocycles. The molecule has 2 aliphatic rings. The monoisotopic (exact) mass is 444 g/mol. The van der Waals surface area contributed by atoms with Gasteiger partial charge >= 0.3 is 0 Å². The molecule has 2 unspecified atom stereocenters. The van der Waals surface area contributed by atoms with E-state index in [1.807, 2.05) is 12.1 Å². The number of nitrogens with zero attached hydrogens (tertiary/aromatic N) is 2. The van der Waals surface area contributed by atoms with Crippen molar-refractivity contribution in [2.45, 2.75) is 37.8 Å². The number of hydrogen-bond acceptors (Lipinski definition) is 8. The van der Waals surface area contributed by atoms with Crippen LogP contribution in [-0.4, -0.2) is 56.5 Å². The molecule has 3 N–H and O–H groups in total.